The summed E-state index contributed by atoms with van der Waals surface area (Å²) in [6.45, 7) is 7.21. The molecule has 0 saturated heterocycles. The second kappa shape index (κ2) is 4.87. The monoisotopic (exact) mass is 255 g/mol. The molecule has 0 fully saturated rings. The van der Waals surface area contributed by atoms with Crippen LogP contribution in [0.3, 0.4) is 0 Å². The fourth-order valence-electron chi connectivity index (χ4n) is 1.22. The molecule has 0 aliphatic rings. The predicted molar refractivity (Wildman–Crippen MR) is 67.1 cm³/mol. The highest BCUT2D eigenvalue weighted by Crippen LogP contribution is 2.21. The van der Waals surface area contributed by atoms with Crippen LogP contribution in [-0.2, 0) is 16.1 Å². The van der Waals surface area contributed by atoms with Gasteiger partial charge in [-0.3, -0.25) is 9.59 Å². The van der Waals surface area contributed by atoms with Crippen LogP contribution in [-0.4, -0.2) is 17.0 Å². The van der Waals surface area contributed by atoms with Gasteiger partial charge in [-0.1, -0.05) is 0 Å². The second-order valence-electron chi connectivity index (χ2n) is 4.56. The molecular weight excluding hydrogens is 238 g/mol. The summed E-state index contributed by atoms with van der Waals surface area (Å²) in [5, 5.41) is 11.6. The van der Waals surface area contributed by atoms with E-state index in [1.165, 1.54) is 24.3 Å². The van der Waals surface area contributed by atoms with Crippen LogP contribution in [0.25, 0.3) is 0 Å². The Bertz CT molecular complexity index is 429. The standard InChI is InChI=1S/C12H17NO3S/c1-7-5-9(17-8(7)2)6-13-10(14)12(3,4)11(15)16/h5H,6H2,1-4H3,(H,13,14)(H,15,16). The molecule has 0 saturated carbocycles. The minimum absolute atomic E-state index is 0.384. The zero-order valence-corrected chi connectivity index (χ0v) is 11.3. The van der Waals surface area contributed by atoms with Crippen LogP contribution in [0.2, 0.25) is 0 Å². The lowest BCUT2D eigenvalue weighted by molar-refractivity contribution is -0.153. The number of hydrogen-bond acceptors (Lipinski definition) is 3. The maximum absolute atomic E-state index is 11.7. The summed E-state index contributed by atoms with van der Waals surface area (Å²) >= 11 is 1.61. The average Bonchev–Trinajstić information content (AvgIpc) is 2.54. The van der Waals surface area contributed by atoms with Gasteiger partial charge in [0.2, 0.25) is 5.91 Å². The van der Waals surface area contributed by atoms with Crippen LogP contribution in [0.15, 0.2) is 6.07 Å². The van der Waals surface area contributed by atoms with E-state index < -0.39 is 17.3 Å². The number of aryl methyl sites for hydroxylation is 2. The first kappa shape index (κ1) is 13.7. The highest BCUT2D eigenvalue weighted by molar-refractivity contribution is 7.12. The summed E-state index contributed by atoms with van der Waals surface area (Å²) in [5.74, 6) is -1.58. The first-order valence-electron chi connectivity index (χ1n) is 5.32. The Hall–Kier alpha value is -1.36. The molecule has 0 spiro atoms. The number of carbonyl (C=O) groups is 2. The largest absolute Gasteiger partial charge is 0.480 e. The van der Waals surface area contributed by atoms with E-state index in [1.54, 1.807) is 11.3 Å². The van der Waals surface area contributed by atoms with Gasteiger partial charge in [0.1, 0.15) is 5.41 Å². The minimum Gasteiger partial charge on any atom is -0.480 e. The van der Waals surface area contributed by atoms with Crippen molar-refractivity contribution in [2.75, 3.05) is 0 Å². The smallest absolute Gasteiger partial charge is 0.318 e. The third kappa shape index (κ3) is 3.06. The lowest BCUT2D eigenvalue weighted by atomic mass is 9.93. The molecule has 1 aromatic heterocycles. The van der Waals surface area contributed by atoms with Crippen LogP contribution in [0, 0.1) is 19.3 Å². The van der Waals surface area contributed by atoms with Crippen LogP contribution >= 0.6 is 11.3 Å². The van der Waals surface area contributed by atoms with Crippen molar-refractivity contribution in [2.24, 2.45) is 5.41 Å². The van der Waals surface area contributed by atoms with Crippen molar-refractivity contribution in [3.05, 3.63) is 21.4 Å². The van der Waals surface area contributed by atoms with E-state index in [1.807, 2.05) is 19.9 Å². The molecule has 1 rings (SSSR count). The first-order chi connectivity index (χ1) is 7.75. The fraction of sp³-hybridized carbons (Fsp3) is 0.500. The predicted octanol–water partition coefficient (Wildman–Crippen LogP) is 2.09. The SMILES string of the molecule is Cc1cc(CNC(=O)C(C)(C)C(=O)O)sc1C. The molecule has 17 heavy (non-hydrogen) atoms. The molecule has 5 heteroatoms. The Labute approximate surface area is 105 Å². The van der Waals surface area contributed by atoms with Gasteiger partial charge in [0.05, 0.1) is 6.54 Å². The molecule has 94 valence electrons. The topological polar surface area (TPSA) is 66.4 Å². The van der Waals surface area contributed by atoms with Gasteiger partial charge in [-0.25, -0.2) is 0 Å². The van der Waals surface area contributed by atoms with E-state index in [2.05, 4.69) is 5.32 Å². The summed E-state index contributed by atoms with van der Waals surface area (Å²) in [7, 11) is 0. The number of rotatable bonds is 4. The van der Waals surface area contributed by atoms with E-state index in [0.29, 0.717) is 6.54 Å². The number of thiophene rings is 1. The summed E-state index contributed by atoms with van der Waals surface area (Å²) < 4.78 is 0. The maximum atomic E-state index is 11.7. The third-order valence-corrected chi connectivity index (χ3v) is 3.90. The minimum atomic E-state index is -1.39. The zero-order valence-electron chi connectivity index (χ0n) is 10.5. The van der Waals surface area contributed by atoms with Crippen molar-refractivity contribution in [1.29, 1.82) is 0 Å². The maximum Gasteiger partial charge on any atom is 0.318 e. The van der Waals surface area contributed by atoms with E-state index >= 15 is 0 Å². The number of aliphatic carboxylic acids is 1. The van der Waals surface area contributed by atoms with Gasteiger partial charge in [0.15, 0.2) is 0 Å². The Balaban J connectivity index is 2.63. The number of nitrogens with one attached hydrogen (secondary N) is 1. The van der Waals surface area contributed by atoms with Crippen molar-refractivity contribution in [3.63, 3.8) is 0 Å². The lowest BCUT2D eigenvalue weighted by Crippen LogP contribution is -2.41. The van der Waals surface area contributed by atoms with Crippen LogP contribution in [0.4, 0.5) is 0 Å². The van der Waals surface area contributed by atoms with Crippen LogP contribution in [0.1, 0.15) is 29.2 Å². The molecule has 2 N–H and O–H groups in total. The van der Waals surface area contributed by atoms with E-state index in [0.717, 1.165) is 4.88 Å². The van der Waals surface area contributed by atoms with Crippen molar-refractivity contribution in [2.45, 2.75) is 34.2 Å². The van der Waals surface area contributed by atoms with Gasteiger partial charge in [-0.2, -0.15) is 0 Å². The average molecular weight is 255 g/mol. The molecule has 1 heterocycles. The Morgan fingerprint density at radius 3 is 2.41 bits per heavy atom. The molecule has 0 bridgehead atoms. The van der Waals surface area contributed by atoms with E-state index in [9.17, 15) is 9.59 Å². The van der Waals surface area contributed by atoms with Crippen LogP contribution in [0.5, 0.6) is 0 Å². The van der Waals surface area contributed by atoms with Gasteiger partial charge in [-0.15, -0.1) is 11.3 Å². The molecule has 1 aromatic rings. The number of hydrogen-bond donors (Lipinski definition) is 2. The summed E-state index contributed by atoms with van der Waals surface area (Å²) in [5.41, 5.74) is -0.196. The normalized spacial score (nSPS) is 11.3. The number of carboxylic acids is 1. The fourth-order valence-corrected chi connectivity index (χ4v) is 2.22. The highest BCUT2D eigenvalue weighted by atomic mass is 32.1. The van der Waals surface area contributed by atoms with Crippen molar-refractivity contribution >= 4 is 23.2 Å². The summed E-state index contributed by atoms with van der Waals surface area (Å²) in [4.78, 5) is 24.8. The number of carbonyl (C=O) groups excluding carboxylic acids is 1. The van der Waals surface area contributed by atoms with Gasteiger partial charge in [0, 0.05) is 9.75 Å². The van der Waals surface area contributed by atoms with Gasteiger partial charge >= 0.3 is 5.97 Å². The quantitative estimate of drug-likeness (QED) is 0.810. The lowest BCUT2D eigenvalue weighted by Gasteiger charge is -2.17. The van der Waals surface area contributed by atoms with Crippen molar-refractivity contribution < 1.29 is 14.7 Å². The number of carboxylic acid groups (broad SMARTS) is 1. The molecule has 0 aromatic carbocycles. The second-order valence-corrected chi connectivity index (χ2v) is 5.91. The third-order valence-electron chi connectivity index (χ3n) is 2.74. The molecular formula is C12H17NO3S. The van der Waals surface area contributed by atoms with Gasteiger partial charge < -0.3 is 10.4 Å². The summed E-state index contributed by atoms with van der Waals surface area (Å²) in [6, 6.07) is 2.01. The molecule has 0 aliphatic heterocycles. The molecule has 0 aliphatic carbocycles. The molecule has 0 atom stereocenters. The van der Waals surface area contributed by atoms with E-state index in [-0.39, 0.29) is 0 Å². The zero-order chi connectivity index (χ0) is 13.2. The van der Waals surface area contributed by atoms with Crippen molar-refractivity contribution in [1.82, 2.24) is 5.32 Å². The Morgan fingerprint density at radius 2 is 2.00 bits per heavy atom. The summed E-state index contributed by atoms with van der Waals surface area (Å²) in [6.07, 6.45) is 0. The van der Waals surface area contributed by atoms with Crippen LogP contribution < -0.4 is 5.32 Å². The van der Waals surface area contributed by atoms with Gasteiger partial charge in [0.25, 0.3) is 0 Å². The Morgan fingerprint density at radius 1 is 1.41 bits per heavy atom. The van der Waals surface area contributed by atoms with Crippen molar-refractivity contribution in [3.8, 4) is 0 Å². The first-order valence-corrected chi connectivity index (χ1v) is 6.14. The molecule has 4 nitrogen and oxygen atoms in total. The molecule has 1 amide bonds. The van der Waals surface area contributed by atoms with E-state index in [4.69, 9.17) is 5.11 Å². The molecule has 0 radical (unpaired) electrons. The highest BCUT2D eigenvalue weighted by Gasteiger charge is 2.35. The van der Waals surface area contributed by atoms with Gasteiger partial charge in [-0.05, 0) is 39.3 Å². The Kier molecular flexibility index (Phi) is 3.93. The number of amides is 1. The molecule has 0 unspecified atom stereocenters.